The topological polar surface area (TPSA) is 39.1 Å². The zero-order valence-corrected chi connectivity index (χ0v) is 10.7. The van der Waals surface area contributed by atoms with Crippen LogP contribution in [0.25, 0.3) is 0 Å². The molecule has 0 saturated heterocycles. The Morgan fingerprint density at radius 2 is 2.00 bits per heavy atom. The fraction of sp³-hybridized carbons (Fsp3) is 0.308. The van der Waals surface area contributed by atoms with E-state index in [-0.39, 0.29) is 5.82 Å². The quantitative estimate of drug-likeness (QED) is 0.904. The van der Waals surface area contributed by atoms with E-state index in [1.807, 2.05) is 14.0 Å². The zero-order chi connectivity index (χ0) is 13.1. The number of aryl methyl sites for hydroxylation is 2. The van der Waals surface area contributed by atoms with Crippen molar-refractivity contribution in [3.05, 3.63) is 41.3 Å². The van der Waals surface area contributed by atoms with Crippen molar-refractivity contribution in [2.75, 3.05) is 12.4 Å². The SMILES string of the molecule is COc1c(CNc2ccc(F)cc2)c(C)nn1C. The number of hydrogen-bond donors (Lipinski definition) is 1. The number of rotatable bonds is 4. The van der Waals surface area contributed by atoms with E-state index < -0.39 is 0 Å². The van der Waals surface area contributed by atoms with E-state index in [4.69, 9.17) is 4.74 Å². The number of halogens is 1. The third-order valence-electron chi connectivity index (χ3n) is 2.80. The summed E-state index contributed by atoms with van der Waals surface area (Å²) in [4.78, 5) is 0. The molecule has 1 aromatic carbocycles. The largest absolute Gasteiger partial charge is 0.481 e. The number of benzene rings is 1. The number of hydrogen-bond acceptors (Lipinski definition) is 3. The first kappa shape index (κ1) is 12.4. The Morgan fingerprint density at radius 1 is 1.33 bits per heavy atom. The molecule has 0 bridgehead atoms. The molecule has 1 N–H and O–H groups in total. The number of methoxy groups -OCH3 is 1. The molecule has 0 fully saturated rings. The molecule has 4 nitrogen and oxygen atoms in total. The number of nitrogens with zero attached hydrogens (tertiary/aromatic N) is 2. The molecule has 1 heterocycles. The zero-order valence-electron chi connectivity index (χ0n) is 10.7. The summed E-state index contributed by atoms with van der Waals surface area (Å²) in [5.74, 6) is 0.498. The standard InChI is InChI=1S/C13H16FN3O/c1-9-12(13(18-3)17(2)16-9)8-15-11-6-4-10(14)5-7-11/h4-7,15H,8H2,1-3H3. The summed E-state index contributed by atoms with van der Waals surface area (Å²) in [5.41, 5.74) is 2.79. The Balaban J connectivity index is 2.12. The van der Waals surface area contributed by atoms with E-state index in [2.05, 4.69) is 10.4 Å². The van der Waals surface area contributed by atoms with Crippen LogP contribution in [0, 0.1) is 12.7 Å². The first-order valence-corrected chi connectivity index (χ1v) is 5.67. The monoisotopic (exact) mass is 249 g/mol. The number of nitrogens with one attached hydrogen (secondary N) is 1. The average Bonchev–Trinajstić information content (AvgIpc) is 2.62. The van der Waals surface area contributed by atoms with E-state index >= 15 is 0 Å². The van der Waals surface area contributed by atoms with Gasteiger partial charge in [-0.15, -0.1) is 0 Å². The molecule has 0 atom stereocenters. The Labute approximate surface area is 105 Å². The number of anilines is 1. The van der Waals surface area contributed by atoms with Crippen molar-refractivity contribution < 1.29 is 9.13 Å². The van der Waals surface area contributed by atoms with Crippen LogP contribution in [-0.2, 0) is 13.6 Å². The van der Waals surface area contributed by atoms with Crippen LogP contribution < -0.4 is 10.1 Å². The van der Waals surface area contributed by atoms with Crippen LogP contribution in [0.1, 0.15) is 11.3 Å². The lowest BCUT2D eigenvalue weighted by Crippen LogP contribution is -2.02. The van der Waals surface area contributed by atoms with Gasteiger partial charge in [-0.05, 0) is 31.2 Å². The van der Waals surface area contributed by atoms with Gasteiger partial charge in [0, 0.05) is 19.3 Å². The Kier molecular flexibility index (Phi) is 3.50. The normalized spacial score (nSPS) is 10.4. The van der Waals surface area contributed by atoms with Gasteiger partial charge in [0.05, 0.1) is 18.4 Å². The van der Waals surface area contributed by atoms with E-state index in [1.165, 1.54) is 12.1 Å². The second kappa shape index (κ2) is 5.08. The molecule has 18 heavy (non-hydrogen) atoms. The van der Waals surface area contributed by atoms with E-state index in [9.17, 15) is 4.39 Å². The molecule has 0 aliphatic carbocycles. The minimum Gasteiger partial charge on any atom is -0.481 e. The molecule has 0 radical (unpaired) electrons. The lowest BCUT2D eigenvalue weighted by Gasteiger charge is -2.08. The second-order valence-electron chi connectivity index (χ2n) is 4.06. The maximum atomic E-state index is 12.8. The molecular formula is C13H16FN3O. The van der Waals surface area contributed by atoms with Gasteiger partial charge in [0.1, 0.15) is 5.82 Å². The van der Waals surface area contributed by atoms with Crippen LogP contribution >= 0.6 is 0 Å². The summed E-state index contributed by atoms with van der Waals surface area (Å²) in [6, 6.07) is 6.26. The average molecular weight is 249 g/mol. The first-order valence-electron chi connectivity index (χ1n) is 5.67. The van der Waals surface area contributed by atoms with Gasteiger partial charge in [-0.2, -0.15) is 5.10 Å². The van der Waals surface area contributed by atoms with Gasteiger partial charge in [0.2, 0.25) is 5.88 Å². The molecule has 5 heteroatoms. The van der Waals surface area contributed by atoms with Gasteiger partial charge in [-0.25, -0.2) is 9.07 Å². The highest BCUT2D eigenvalue weighted by atomic mass is 19.1. The fourth-order valence-electron chi connectivity index (χ4n) is 1.90. The smallest absolute Gasteiger partial charge is 0.216 e. The van der Waals surface area contributed by atoms with Gasteiger partial charge in [-0.1, -0.05) is 0 Å². The molecule has 0 amide bonds. The molecule has 1 aromatic heterocycles. The Morgan fingerprint density at radius 3 is 2.61 bits per heavy atom. The molecule has 0 spiro atoms. The molecule has 0 unspecified atom stereocenters. The third-order valence-corrected chi connectivity index (χ3v) is 2.80. The molecule has 0 aliphatic rings. The Hall–Kier alpha value is -2.04. The minimum absolute atomic E-state index is 0.240. The van der Waals surface area contributed by atoms with Gasteiger partial charge in [-0.3, -0.25) is 0 Å². The van der Waals surface area contributed by atoms with Gasteiger partial charge >= 0.3 is 0 Å². The molecule has 0 aliphatic heterocycles. The Bertz CT molecular complexity index is 534. The minimum atomic E-state index is -0.240. The van der Waals surface area contributed by atoms with Gasteiger partial charge < -0.3 is 10.1 Å². The van der Waals surface area contributed by atoms with E-state index in [0.29, 0.717) is 6.54 Å². The predicted octanol–water partition coefficient (Wildman–Crippen LogP) is 2.49. The third kappa shape index (κ3) is 2.45. The van der Waals surface area contributed by atoms with Crippen LogP contribution in [0.15, 0.2) is 24.3 Å². The first-order chi connectivity index (χ1) is 8.61. The lowest BCUT2D eigenvalue weighted by atomic mass is 10.2. The second-order valence-corrected chi connectivity index (χ2v) is 4.06. The summed E-state index contributed by atoms with van der Waals surface area (Å²) < 4.78 is 19.8. The van der Waals surface area contributed by atoms with E-state index in [1.54, 1.807) is 23.9 Å². The summed E-state index contributed by atoms with van der Waals surface area (Å²) >= 11 is 0. The molecule has 96 valence electrons. The van der Waals surface area contributed by atoms with Crippen molar-refractivity contribution in [2.24, 2.45) is 7.05 Å². The van der Waals surface area contributed by atoms with Crippen molar-refractivity contribution in [2.45, 2.75) is 13.5 Å². The molecular weight excluding hydrogens is 233 g/mol. The summed E-state index contributed by atoms with van der Waals surface area (Å²) in [5, 5.41) is 7.52. The van der Waals surface area contributed by atoms with Crippen LogP contribution in [-0.4, -0.2) is 16.9 Å². The lowest BCUT2D eigenvalue weighted by molar-refractivity contribution is 0.370. The molecule has 2 rings (SSSR count). The number of aromatic nitrogens is 2. The summed E-state index contributed by atoms with van der Waals surface area (Å²) in [6.45, 7) is 2.53. The van der Waals surface area contributed by atoms with Crippen LogP contribution in [0.3, 0.4) is 0 Å². The van der Waals surface area contributed by atoms with Crippen molar-refractivity contribution in [1.29, 1.82) is 0 Å². The van der Waals surface area contributed by atoms with Crippen LogP contribution in [0.4, 0.5) is 10.1 Å². The highest BCUT2D eigenvalue weighted by molar-refractivity contribution is 5.45. The van der Waals surface area contributed by atoms with E-state index in [0.717, 1.165) is 22.8 Å². The van der Waals surface area contributed by atoms with Crippen LogP contribution in [0.2, 0.25) is 0 Å². The summed E-state index contributed by atoms with van der Waals surface area (Å²) in [7, 11) is 3.46. The van der Waals surface area contributed by atoms with Crippen molar-refractivity contribution in [3.8, 4) is 5.88 Å². The van der Waals surface area contributed by atoms with Crippen molar-refractivity contribution >= 4 is 5.69 Å². The predicted molar refractivity (Wildman–Crippen MR) is 68.2 cm³/mol. The molecule has 2 aromatic rings. The van der Waals surface area contributed by atoms with Crippen LogP contribution in [0.5, 0.6) is 5.88 Å². The fourth-order valence-corrected chi connectivity index (χ4v) is 1.90. The van der Waals surface area contributed by atoms with Gasteiger partial charge in [0.25, 0.3) is 0 Å². The highest BCUT2D eigenvalue weighted by Gasteiger charge is 2.13. The maximum Gasteiger partial charge on any atom is 0.216 e. The summed E-state index contributed by atoms with van der Waals surface area (Å²) in [6.07, 6.45) is 0. The highest BCUT2D eigenvalue weighted by Crippen LogP contribution is 2.22. The molecule has 0 saturated carbocycles. The maximum absolute atomic E-state index is 12.8. The van der Waals surface area contributed by atoms with Crippen molar-refractivity contribution in [3.63, 3.8) is 0 Å². The van der Waals surface area contributed by atoms with Gasteiger partial charge in [0.15, 0.2) is 0 Å². The number of ether oxygens (including phenoxy) is 1. The van der Waals surface area contributed by atoms with Crippen molar-refractivity contribution in [1.82, 2.24) is 9.78 Å².